The van der Waals surface area contributed by atoms with E-state index < -0.39 is 5.54 Å². The van der Waals surface area contributed by atoms with E-state index >= 15 is 0 Å². The van der Waals surface area contributed by atoms with E-state index in [1.54, 1.807) is 4.90 Å². The number of nitrogens with zero attached hydrogens (tertiary/aromatic N) is 1. The molecule has 6 heteroatoms. The van der Waals surface area contributed by atoms with Gasteiger partial charge in [0, 0.05) is 5.56 Å². The van der Waals surface area contributed by atoms with Crippen molar-refractivity contribution in [2.75, 3.05) is 0 Å². The van der Waals surface area contributed by atoms with Gasteiger partial charge in [0.05, 0.1) is 24.0 Å². The van der Waals surface area contributed by atoms with Crippen LogP contribution < -0.4 is 10.6 Å². The summed E-state index contributed by atoms with van der Waals surface area (Å²) in [5, 5.41) is 15.5. The van der Waals surface area contributed by atoms with E-state index in [1.807, 2.05) is 73.7 Å². The van der Waals surface area contributed by atoms with Gasteiger partial charge in [-0.05, 0) is 60.1 Å². The first kappa shape index (κ1) is 25.7. The summed E-state index contributed by atoms with van der Waals surface area (Å²) in [6.07, 6.45) is 4.37. The van der Waals surface area contributed by atoms with Crippen molar-refractivity contribution in [3.63, 3.8) is 0 Å². The zero-order valence-electron chi connectivity index (χ0n) is 22.2. The number of hydrogen-bond acceptors (Lipinski definition) is 3. The van der Waals surface area contributed by atoms with Crippen LogP contribution in [0.2, 0.25) is 0 Å². The zero-order chi connectivity index (χ0) is 26.7. The Labute approximate surface area is 225 Å². The van der Waals surface area contributed by atoms with Crippen molar-refractivity contribution >= 4 is 17.8 Å². The monoisotopic (exact) mass is 508 g/mol. The molecular weight excluding hydrogens is 472 g/mol. The van der Waals surface area contributed by atoms with Crippen molar-refractivity contribution in [2.24, 2.45) is 0 Å². The van der Waals surface area contributed by atoms with Crippen LogP contribution in [-0.2, 0) is 16.8 Å². The summed E-state index contributed by atoms with van der Waals surface area (Å²) in [6.45, 7) is 4.12. The summed E-state index contributed by atoms with van der Waals surface area (Å²) in [4.78, 5) is 28.5. The van der Waals surface area contributed by atoms with Gasteiger partial charge in [-0.3, -0.25) is 19.9 Å². The number of amides is 2. The fraction of sp³-hybridized carbons (Fsp3) is 0.344. The molecule has 3 atom stereocenters. The molecule has 0 unspecified atom stereocenters. The zero-order valence-corrected chi connectivity index (χ0v) is 22.2. The highest BCUT2D eigenvalue weighted by Crippen LogP contribution is 2.37. The summed E-state index contributed by atoms with van der Waals surface area (Å²) < 4.78 is 0. The van der Waals surface area contributed by atoms with E-state index in [1.165, 1.54) is 11.1 Å². The van der Waals surface area contributed by atoms with Gasteiger partial charge in [-0.1, -0.05) is 87.0 Å². The Morgan fingerprint density at radius 3 is 2.58 bits per heavy atom. The van der Waals surface area contributed by atoms with Crippen LogP contribution in [0, 0.1) is 5.41 Å². The second-order valence-electron chi connectivity index (χ2n) is 10.4. The Bertz CT molecular complexity index is 1320. The largest absolute Gasteiger partial charge is 0.346 e. The first-order chi connectivity index (χ1) is 18.5. The minimum atomic E-state index is -0.595. The van der Waals surface area contributed by atoms with Gasteiger partial charge in [-0.15, -0.1) is 0 Å². The lowest BCUT2D eigenvalue weighted by molar-refractivity contribution is -0.133. The van der Waals surface area contributed by atoms with E-state index in [0.717, 1.165) is 30.4 Å². The average Bonchev–Trinajstić information content (AvgIpc) is 3.35. The molecular formula is C32H36N4O2. The normalized spacial score (nSPS) is 21.5. The molecule has 0 bridgehead atoms. The highest BCUT2D eigenvalue weighted by Gasteiger charge is 2.44. The maximum atomic E-state index is 13.7. The van der Waals surface area contributed by atoms with Crippen LogP contribution in [0.25, 0.3) is 0 Å². The highest BCUT2D eigenvalue weighted by molar-refractivity contribution is 6.00. The summed E-state index contributed by atoms with van der Waals surface area (Å²) >= 11 is 0. The lowest BCUT2D eigenvalue weighted by Crippen LogP contribution is -2.61. The molecule has 1 aliphatic carbocycles. The third kappa shape index (κ3) is 4.83. The van der Waals surface area contributed by atoms with Crippen molar-refractivity contribution < 1.29 is 9.59 Å². The Morgan fingerprint density at radius 1 is 1.08 bits per heavy atom. The molecule has 0 aromatic heterocycles. The molecule has 1 saturated heterocycles. The van der Waals surface area contributed by atoms with E-state index in [0.29, 0.717) is 18.4 Å². The number of fused-ring (bicyclic) bond motifs is 1. The molecule has 3 aromatic rings. The molecule has 0 spiro atoms. The van der Waals surface area contributed by atoms with Gasteiger partial charge in [0.25, 0.3) is 5.91 Å². The molecule has 3 aromatic carbocycles. The van der Waals surface area contributed by atoms with E-state index in [9.17, 15) is 9.59 Å². The number of rotatable bonds is 8. The number of guanidine groups is 1. The van der Waals surface area contributed by atoms with Gasteiger partial charge >= 0.3 is 0 Å². The second kappa shape index (κ2) is 10.8. The Balaban J connectivity index is 1.38. The van der Waals surface area contributed by atoms with Crippen molar-refractivity contribution in [3.8, 4) is 0 Å². The van der Waals surface area contributed by atoms with Gasteiger partial charge in [-0.2, -0.15) is 0 Å². The molecule has 38 heavy (non-hydrogen) atoms. The van der Waals surface area contributed by atoms with Gasteiger partial charge in [0.15, 0.2) is 5.96 Å². The molecule has 6 nitrogen and oxygen atoms in total. The van der Waals surface area contributed by atoms with Crippen LogP contribution in [0.15, 0.2) is 78.9 Å². The molecule has 1 aliphatic heterocycles. The number of nitrogens with one attached hydrogen (secondary N) is 3. The molecule has 0 radical (unpaired) electrons. The van der Waals surface area contributed by atoms with Gasteiger partial charge in [0.1, 0.15) is 0 Å². The summed E-state index contributed by atoms with van der Waals surface area (Å²) in [5.74, 6) is -0.0748. The summed E-state index contributed by atoms with van der Waals surface area (Å²) in [5.41, 5.74) is 4.35. The fourth-order valence-corrected chi connectivity index (χ4v) is 6.03. The van der Waals surface area contributed by atoms with E-state index in [2.05, 4.69) is 29.7 Å². The van der Waals surface area contributed by atoms with Crippen LogP contribution in [0.4, 0.5) is 0 Å². The first-order valence-corrected chi connectivity index (χ1v) is 13.7. The predicted molar refractivity (Wildman–Crippen MR) is 150 cm³/mol. The van der Waals surface area contributed by atoms with E-state index in [-0.39, 0.29) is 36.3 Å². The molecule has 1 fully saturated rings. The second-order valence-corrected chi connectivity index (χ2v) is 10.4. The Kier molecular flexibility index (Phi) is 7.32. The number of carbonyl (C=O) groups is 2. The predicted octanol–water partition coefficient (Wildman–Crippen LogP) is 6.01. The Morgan fingerprint density at radius 2 is 1.84 bits per heavy atom. The van der Waals surface area contributed by atoms with Crippen molar-refractivity contribution in [3.05, 3.63) is 107 Å². The van der Waals surface area contributed by atoms with Gasteiger partial charge in [0.2, 0.25) is 5.91 Å². The lowest BCUT2D eigenvalue weighted by Gasteiger charge is -2.45. The highest BCUT2D eigenvalue weighted by atomic mass is 16.2. The average molecular weight is 509 g/mol. The number of benzene rings is 3. The van der Waals surface area contributed by atoms with Crippen LogP contribution in [0.3, 0.4) is 0 Å². The summed E-state index contributed by atoms with van der Waals surface area (Å²) in [6, 6.07) is 25.4. The van der Waals surface area contributed by atoms with Crippen molar-refractivity contribution in [1.29, 1.82) is 5.41 Å². The van der Waals surface area contributed by atoms with Crippen molar-refractivity contribution in [2.45, 2.75) is 70.0 Å². The number of aryl methyl sites for hydroxylation is 1. The van der Waals surface area contributed by atoms with Crippen LogP contribution >= 0.6 is 0 Å². The maximum absolute atomic E-state index is 13.7. The number of carbonyl (C=O) groups excluding carboxylic acids is 2. The Hall–Kier alpha value is -3.93. The standard InChI is InChI=1S/C32H36N4O2/c1-3-11-28(36-29(37)21-32(4-2,35-31(36)33)25-15-6-5-7-16-25)23-13-10-14-24(20-23)30(38)34-27-19-18-22-12-8-9-17-26(22)27/h5-10,12-17,20,27-28H,3-4,11,18-19,21H2,1-2H3,(H2,33,35)(H,34,38)/t27-,28+,32-/m0/s1. The molecule has 5 rings (SSSR count). The fourth-order valence-electron chi connectivity index (χ4n) is 6.03. The third-order valence-corrected chi connectivity index (χ3v) is 8.10. The SMILES string of the molecule is CCC[C@H](c1cccc(C(=O)N[C@H]2CCc3ccccc32)c1)N1C(=N)N[C@](CC)(c2ccccc2)CC1=O. The third-order valence-electron chi connectivity index (χ3n) is 8.10. The van der Waals surface area contributed by atoms with Crippen molar-refractivity contribution in [1.82, 2.24) is 15.5 Å². The molecule has 1 heterocycles. The molecule has 3 N–H and O–H groups in total. The lowest BCUT2D eigenvalue weighted by atomic mass is 9.81. The molecule has 2 amide bonds. The maximum Gasteiger partial charge on any atom is 0.251 e. The quantitative estimate of drug-likeness (QED) is 0.348. The minimum Gasteiger partial charge on any atom is -0.346 e. The molecule has 196 valence electrons. The van der Waals surface area contributed by atoms with Crippen LogP contribution in [-0.4, -0.2) is 22.7 Å². The smallest absolute Gasteiger partial charge is 0.251 e. The van der Waals surface area contributed by atoms with Gasteiger partial charge < -0.3 is 10.6 Å². The first-order valence-electron chi connectivity index (χ1n) is 13.7. The summed E-state index contributed by atoms with van der Waals surface area (Å²) in [7, 11) is 0. The number of hydrogen-bond donors (Lipinski definition) is 3. The van der Waals surface area contributed by atoms with Gasteiger partial charge in [-0.25, -0.2) is 0 Å². The molecule has 2 aliphatic rings. The minimum absolute atomic E-state index is 0.00926. The van der Waals surface area contributed by atoms with E-state index in [4.69, 9.17) is 5.41 Å². The topological polar surface area (TPSA) is 85.3 Å². The van der Waals surface area contributed by atoms with Crippen LogP contribution in [0.5, 0.6) is 0 Å². The van der Waals surface area contributed by atoms with Crippen LogP contribution in [0.1, 0.15) is 90.6 Å². The molecule has 0 saturated carbocycles.